The highest BCUT2D eigenvalue weighted by Gasteiger charge is 2.15. The second kappa shape index (κ2) is 8.56. The zero-order chi connectivity index (χ0) is 13.3. The van der Waals surface area contributed by atoms with E-state index in [0.717, 1.165) is 0 Å². The van der Waals surface area contributed by atoms with E-state index in [1.165, 1.54) is 13.0 Å². The topological polar surface area (TPSA) is 55.4 Å². The van der Waals surface area contributed by atoms with Crippen molar-refractivity contribution in [2.45, 2.75) is 40.3 Å². The molecule has 4 nitrogen and oxygen atoms in total. The Labute approximate surface area is 103 Å². The lowest BCUT2D eigenvalue weighted by atomic mass is 10.1. The van der Waals surface area contributed by atoms with Crippen LogP contribution in [0.1, 0.15) is 34.1 Å². The summed E-state index contributed by atoms with van der Waals surface area (Å²) in [4.78, 5) is 22.3. The van der Waals surface area contributed by atoms with E-state index < -0.39 is 12.2 Å². The largest absolute Gasteiger partial charge is 0.442 e. The van der Waals surface area contributed by atoms with Crippen molar-refractivity contribution in [3.05, 3.63) is 24.3 Å². The smallest absolute Gasteiger partial charge is 0.304 e. The Morgan fingerprint density at radius 1 is 1.29 bits per heavy atom. The molecule has 0 saturated heterocycles. The summed E-state index contributed by atoms with van der Waals surface area (Å²) < 4.78 is 5.02. The van der Waals surface area contributed by atoms with E-state index in [9.17, 15) is 9.59 Å². The number of carbonyl (C=O) groups excluding carboxylic acids is 2. The molecular formula is C13H21NO3. The van der Waals surface area contributed by atoms with Crippen molar-refractivity contribution in [2.24, 2.45) is 5.92 Å². The summed E-state index contributed by atoms with van der Waals surface area (Å²) in [7, 11) is 0. The van der Waals surface area contributed by atoms with Crippen molar-refractivity contribution in [1.29, 1.82) is 0 Å². The highest BCUT2D eigenvalue weighted by atomic mass is 16.6. The number of hydrogen-bond acceptors (Lipinski definition) is 3. The Hall–Kier alpha value is -1.58. The first-order chi connectivity index (χ1) is 7.95. The monoisotopic (exact) mass is 239 g/mol. The van der Waals surface area contributed by atoms with Gasteiger partial charge in [0.15, 0.2) is 6.23 Å². The molecule has 0 spiro atoms. The number of rotatable bonds is 6. The van der Waals surface area contributed by atoms with Gasteiger partial charge in [-0.05, 0) is 12.8 Å². The van der Waals surface area contributed by atoms with E-state index >= 15 is 0 Å². The molecule has 1 N–H and O–H groups in total. The van der Waals surface area contributed by atoms with Crippen LogP contribution in [0.5, 0.6) is 0 Å². The highest BCUT2D eigenvalue weighted by molar-refractivity contribution is 5.88. The predicted octanol–water partition coefficient (Wildman–Crippen LogP) is 2.17. The van der Waals surface area contributed by atoms with Crippen LogP contribution in [0.4, 0.5) is 0 Å². The first kappa shape index (κ1) is 15.4. The van der Waals surface area contributed by atoms with Gasteiger partial charge in [0.1, 0.15) is 0 Å². The maximum absolute atomic E-state index is 11.5. The molecule has 0 fully saturated rings. The molecule has 0 aliphatic carbocycles. The van der Waals surface area contributed by atoms with Crippen molar-refractivity contribution < 1.29 is 14.3 Å². The Morgan fingerprint density at radius 2 is 1.94 bits per heavy atom. The molecule has 0 bridgehead atoms. The molecule has 17 heavy (non-hydrogen) atoms. The van der Waals surface area contributed by atoms with Gasteiger partial charge in [0.2, 0.25) is 5.91 Å². The van der Waals surface area contributed by atoms with E-state index in [1.54, 1.807) is 12.2 Å². The van der Waals surface area contributed by atoms with Gasteiger partial charge in [-0.1, -0.05) is 32.1 Å². The van der Waals surface area contributed by atoms with Crippen molar-refractivity contribution >= 4 is 11.9 Å². The molecule has 0 aliphatic heterocycles. The van der Waals surface area contributed by atoms with E-state index in [2.05, 4.69) is 5.32 Å². The standard InChI is InChI=1S/C13H21NO3/c1-5-6-7-8-12(16)14-13(9-10(2)3)17-11(4)15/h5-8,10,13H,9H2,1-4H3,(H,14,16)/b6-5+,8-7+/t13-/m1/s1. The third kappa shape index (κ3) is 9.35. The van der Waals surface area contributed by atoms with Crippen molar-refractivity contribution in [1.82, 2.24) is 5.32 Å². The molecule has 0 aromatic rings. The van der Waals surface area contributed by atoms with Crippen LogP contribution in [0.15, 0.2) is 24.3 Å². The van der Waals surface area contributed by atoms with E-state index in [1.807, 2.05) is 26.8 Å². The van der Waals surface area contributed by atoms with Gasteiger partial charge in [-0.2, -0.15) is 0 Å². The number of ether oxygens (including phenoxy) is 1. The summed E-state index contributed by atoms with van der Waals surface area (Å²) in [5.41, 5.74) is 0. The minimum Gasteiger partial charge on any atom is -0.442 e. The average Bonchev–Trinajstić information content (AvgIpc) is 2.15. The molecule has 0 heterocycles. The molecule has 0 rings (SSSR count). The van der Waals surface area contributed by atoms with Gasteiger partial charge >= 0.3 is 5.97 Å². The fourth-order valence-electron chi connectivity index (χ4n) is 1.23. The van der Waals surface area contributed by atoms with E-state index in [4.69, 9.17) is 4.74 Å². The Morgan fingerprint density at radius 3 is 2.41 bits per heavy atom. The molecule has 0 radical (unpaired) electrons. The number of allylic oxidation sites excluding steroid dienone is 3. The molecule has 0 aliphatic rings. The first-order valence-corrected chi connectivity index (χ1v) is 5.72. The summed E-state index contributed by atoms with van der Waals surface area (Å²) in [6, 6.07) is 0. The van der Waals surface area contributed by atoms with Gasteiger partial charge in [-0.15, -0.1) is 0 Å². The third-order valence-electron chi connectivity index (χ3n) is 1.85. The summed E-state index contributed by atoms with van der Waals surface area (Å²) in [6.07, 6.45) is 6.65. The molecule has 0 aromatic carbocycles. The lowest BCUT2D eigenvalue weighted by molar-refractivity contribution is -0.149. The average molecular weight is 239 g/mol. The minimum atomic E-state index is -0.560. The second-order valence-corrected chi connectivity index (χ2v) is 4.12. The van der Waals surface area contributed by atoms with E-state index in [0.29, 0.717) is 12.3 Å². The van der Waals surface area contributed by atoms with E-state index in [-0.39, 0.29) is 5.91 Å². The summed E-state index contributed by atoms with van der Waals surface area (Å²) in [5, 5.41) is 2.64. The molecule has 1 atom stereocenters. The van der Waals surface area contributed by atoms with Crippen molar-refractivity contribution in [2.75, 3.05) is 0 Å². The zero-order valence-electron chi connectivity index (χ0n) is 10.9. The number of carbonyl (C=O) groups is 2. The molecule has 0 unspecified atom stereocenters. The van der Waals surface area contributed by atoms with Gasteiger partial charge in [-0.3, -0.25) is 9.59 Å². The summed E-state index contributed by atoms with van der Waals surface area (Å²) in [6.45, 7) is 7.19. The van der Waals surface area contributed by atoms with Crippen molar-refractivity contribution in [3.63, 3.8) is 0 Å². The Balaban J connectivity index is 4.31. The van der Waals surface area contributed by atoms with Crippen molar-refractivity contribution in [3.8, 4) is 0 Å². The first-order valence-electron chi connectivity index (χ1n) is 5.72. The fourth-order valence-corrected chi connectivity index (χ4v) is 1.23. The van der Waals surface area contributed by atoms with Crippen LogP contribution in [0.3, 0.4) is 0 Å². The van der Waals surface area contributed by atoms with Crippen LogP contribution < -0.4 is 5.32 Å². The zero-order valence-corrected chi connectivity index (χ0v) is 10.9. The fraction of sp³-hybridized carbons (Fsp3) is 0.538. The van der Waals surface area contributed by atoms with Crippen LogP contribution in [-0.2, 0) is 14.3 Å². The van der Waals surface area contributed by atoms with Crippen LogP contribution in [0.2, 0.25) is 0 Å². The van der Waals surface area contributed by atoms with Gasteiger partial charge in [-0.25, -0.2) is 0 Å². The molecular weight excluding hydrogens is 218 g/mol. The predicted molar refractivity (Wildman–Crippen MR) is 67.1 cm³/mol. The minimum absolute atomic E-state index is 0.269. The molecule has 96 valence electrons. The molecule has 0 saturated carbocycles. The maximum atomic E-state index is 11.5. The van der Waals surface area contributed by atoms with Gasteiger partial charge in [0.25, 0.3) is 0 Å². The van der Waals surface area contributed by atoms with Gasteiger partial charge < -0.3 is 10.1 Å². The quantitative estimate of drug-likeness (QED) is 0.334. The number of nitrogens with one attached hydrogen (secondary N) is 1. The van der Waals surface area contributed by atoms with Crippen LogP contribution in [0.25, 0.3) is 0 Å². The summed E-state index contributed by atoms with van der Waals surface area (Å²) in [5.74, 6) is -0.331. The molecule has 1 amide bonds. The number of amides is 1. The maximum Gasteiger partial charge on any atom is 0.304 e. The molecule has 0 aromatic heterocycles. The van der Waals surface area contributed by atoms with Crippen LogP contribution >= 0.6 is 0 Å². The summed E-state index contributed by atoms with van der Waals surface area (Å²) >= 11 is 0. The lowest BCUT2D eigenvalue weighted by Gasteiger charge is -2.19. The van der Waals surface area contributed by atoms with Gasteiger partial charge in [0, 0.05) is 19.4 Å². The SMILES string of the molecule is C/C=C/C=C/C(=O)N[C@@H](CC(C)C)OC(C)=O. The highest BCUT2D eigenvalue weighted by Crippen LogP contribution is 2.06. The van der Waals surface area contributed by atoms with Crippen LogP contribution in [0, 0.1) is 5.92 Å². The second-order valence-electron chi connectivity index (χ2n) is 4.12. The normalized spacial score (nSPS) is 13.2. The lowest BCUT2D eigenvalue weighted by Crippen LogP contribution is -2.38. The Kier molecular flexibility index (Phi) is 7.76. The van der Waals surface area contributed by atoms with Crippen LogP contribution in [-0.4, -0.2) is 18.1 Å². The Bertz CT molecular complexity index is 306. The number of esters is 1. The third-order valence-corrected chi connectivity index (χ3v) is 1.85. The number of hydrogen-bond donors (Lipinski definition) is 1. The van der Waals surface area contributed by atoms with Gasteiger partial charge in [0.05, 0.1) is 0 Å². The molecule has 4 heteroatoms.